The lowest BCUT2D eigenvalue weighted by molar-refractivity contribution is -0.0182. The van der Waals surface area contributed by atoms with Crippen molar-refractivity contribution < 1.29 is 5.11 Å². The summed E-state index contributed by atoms with van der Waals surface area (Å²) in [6, 6.07) is 0. The van der Waals surface area contributed by atoms with Crippen LogP contribution in [0.1, 0.15) is 71.6 Å². The monoisotopic (exact) mass is 198 g/mol. The second-order valence-electron chi connectivity index (χ2n) is 4.91. The van der Waals surface area contributed by atoms with Crippen molar-refractivity contribution in [2.75, 3.05) is 0 Å². The highest BCUT2D eigenvalue weighted by molar-refractivity contribution is 4.90. The van der Waals surface area contributed by atoms with Gasteiger partial charge in [-0.1, -0.05) is 52.4 Å². The first-order chi connectivity index (χ1) is 6.73. The van der Waals surface area contributed by atoms with Crippen LogP contribution in [-0.4, -0.2) is 10.7 Å². The van der Waals surface area contributed by atoms with Gasteiger partial charge < -0.3 is 5.11 Å². The Balaban J connectivity index is 2.35. The standard InChI is InChI=1S/C13H26O/c1-3-5-6-9-12(4-2)13(14)10-7-8-11-13/h12,14H,3-11H2,1-2H3. The number of hydrogen-bond donors (Lipinski definition) is 1. The van der Waals surface area contributed by atoms with E-state index in [0.29, 0.717) is 5.92 Å². The van der Waals surface area contributed by atoms with E-state index in [1.165, 1.54) is 38.5 Å². The van der Waals surface area contributed by atoms with Crippen LogP contribution in [0, 0.1) is 5.92 Å². The van der Waals surface area contributed by atoms with E-state index in [1.807, 2.05) is 0 Å². The van der Waals surface area contributed by atoms with E-state index in [2.05, 4.69) is 13.8 Å². The number of rotatable bonds is 6. The lowest BCUT2D eigenvalue weighted by atomic mass is 9.80. The molecule has 1 N–H and O–H groups in total. The summed E-state index contributed by atoms with van der Waals surface area (Å²) >= 11 is 0. The first-order valence-corrected chi connectivity index (χ1v) is 6.45. The minimum Gasteiger partial charge on any atom is -0.390 e. The van der Waals surface area contributed by atoms with Crippen LogP contribution in [0.2, 0.25) is 0 Å². The lowest BCUT2D eigenvalue weighted by Crippen LogP contribution is -2.34. The highest BCUT2D eigenvalue weighted by atomic mass is 16.3. The minimum atomic E-state index is -0.289. The highest BCUT2D eigenvalue weighted by Gasteiger charge is 2.37. The molecule has 0 spiro atoms. The molecule has 1 heteroatoms. The van der Waals surface area contributed by atoms with Gasteiger partial charge in [0, 0.05) is 0 Å². The molecule has 1 aliphatic carbocycles. The topological polar surface area (TPSA) is 20.2 Å². The van der Waals surface area contributed by atoms with Gasteiger partial charge in [0.15, 0.2) is 0 Å². The van der Waals surface area contributed by atoms with Crippen LogP contribution in [0.4, 0.5) is 0 Å². The Morgan fingerprint density at radius 2 is 1.79 bits per heavy atom. The molecule has 0 aliphatic heterocycles. The summed E-state index contributed by atoms with van der Waals surface area (Å²) in [5, 5.41) is 10.5. The molecule has 84 valence electrons. The summed E-state index contributed by atoms with van der Waals surface area (Å²) in [5.41, 5.74) is -0.289. The third-order valence-corrected chi connectivity index (χ3v) is 3.88. The maximum atomic E-state index is 10.5. The molecule has 1 atom stereocenters. The van der Waals surface area contributed by atoms with Crippen molar-refractivity contribution >= 4 is 0 Å². The van der Waals surface area contributed by atoms with Crippen molar-refractivity contribution in [3.8, 4) is 0 Å². The zero-order valence-electron chi connectivity index (χ0n) is 9.89. The van der Waals surface area contributed by atoms with Gasteiger partial charge in [0.2, 0.25) is 0 Å². The normalized spacial score (nSPS) is 22.5. The molecule has 0 saturated heterocycles. The third-order valence-electron chi connectivity index (χ3n) is 3.88. The molecule has 0 heterocycles. The van der Waals surface area contributed by atoms with Crippen molar-refractivity contribution in [2.45, 2.75) is 77.2 Å². The average molecular weight is 198 g/mol. The van der Waals surface area contributed by atoms with Crippen LogP contribution >= 0.6 is 0 Å². The fourth-order valence-electron chi connectivity index (χ4n) is 2.89. The van der Waals surface area contributed by atoms with Gasteiger partial charge in [0.25, 0.3) is 0 Å². The fourth-order valence-corrected chi connectivity index (χ4v) is 2.89. The maximum Gasteiger partial charge on any atom is 0.0675 e. The largest absolute Gasteiger partial charge is 0.390 e. The quantitative estimate of drug-likeness (QED) is 0.642. The van der Waals surface area contributed by atoms with E-state index in [4.69, 9.17) is 0 Å². The van der Waals surface area contributed by atoms with Crippen LogP contribution < -0.4 is 0 Å². The molecular formula is C13H26O. The third kappa shape index (κ3) is 2.98. The molecule has 0 aromatic rings. The Morgan fingerprint density at radius 3 is 2.29 bits per heavy atom. The zero-order chi connectivity index (χ0) is 10.4. The van der Waals surface area contributed by atoms with Gasteiger partial charge in [0.05, 0.1) is 5.60 Å². The molecule has 0 aromatic heterocycles. The molecular weight excluding hydrogens is 172 g/mol. The summed E-state index contributed by atoms with van der Waals surface area (Å²) in [4.78, 5) is 0. The Kier molecular flexibility index (Phi) is 4.94. The van der Waals surface area contributed by atoms with Gasteiger partial charge in [-0.25, -0.2) is 0 Å². The van der Waals surface area contributed by atoms with Crippen molar-refractivity contribution in [3.63, 3.8) is 0 Å². The number of hydrogen-bond acceptors (Lipinski definition) is 1. The lowest BCUT2D eigenvalue weighted by Gasteiger charge is -2.32. The van der Waals surface area contributed by atoms with Crippen LogP contribution in [0.3, 0.4) is 0 Å². The zero-order valence-corrected chi connectivity index (χ0v) is 9.89. The molecule has 0 radical (unpaired) electrons. The SMILES string of the molecule is CCCCCC(CC)C1(O)CCCC1. The van der Waals surface area contributed by atoms with E-state index in [0.717, 1.165) is 19.3 Å². The molecule has 0 aromatic carbocycles. The molecule has 1 nitrogen and oxygen atoms in total. The van der Waals surface area contributed by atoms with E-state index in [1.54, 1.807) is 0 Å². The van der Waals surface area contributed by atoms with E-state index >= 15 is 0 Å². The van der Waals surface area contributed by atoms with Crippen LogP contribution in [0.5, 0.6) is 0 Å². The molecule has 1 unspecified atom stereocenters. The molecule has 14 heavy (non-hydrogen) atoms. The van der Waals surface area contributed by atoms with Gasteiger partial charge in [-0.15, -0.1) is 0 Å². The van der Waals surface area contributed by atoms with Gasteiger partial charge >= 0.3 is 0 Å². The predicted molar refractivity (Wildman–Crippen MR) is 61.3 cm³/mol. The van der Waals surface area contributed by atoms with Crippen molar-refractivity contribution in [1.29, 1.82) is 0 Å². The van der Waals surface area contributed by atoms with Gasteiger partial charge in [-0.3, -0.25) is 0 Å². The Morgan fingerprint density at radius 1 is 1.14 bits per heavy atom. The van der Waals surface area contributed by atoms with E-state index in [-0.39, 0.29) is 5.60 Å². The summed E-state index contributed by atoms with van der Waals surface area (Å²) in [6.07, 6.45) is 10.9. The summed E-state index contributed by atoms with van der Waals surface area (Å²) in [5.74, 6) is 0.566. The van der Waals surface area contributed by atoms with Gasteiger partial charge in [-0.2, -0.15) is 0 Å². The van der Waals surface area contributed by atoms with E-state index < -0.39 is 0 Å². The first kappa shape index (κ1) is 12.0. The molecule has 0 bridgehead atoms. The van der Waals surface area contributed by atoms with Crippen molar-refractivity contribution in [1.82, 2.24) is 0 Å². The molecule has 1 fully saturated rings. The molecule has 1 saturated carbocycles. The van der Waals surface area contributed by atoms with E-state index in [9.17, 15) is 5.11 Å². The maximum absolute atomic E-state index is 10.5. The van der Waals surface area contributed by atoms with Crippen molar-refractivity contribution in [2.24, 2.45) is 5.92 Å². The summed E-state index contributed by atoms with van der Waals surface area (Å²) in [6.45, 7) is 4.47. The molecule has 0 amide bonds. The summed E-state index contributed by atoms with van der Waals surface area (Å²) in [7, 11) is 0. The average Bonchev–Trinajstić information content (AvgIpc) is 2.61. The van der Waals surface area contributed by atoms with Crippen molar-refractivity contribution in [3.05, 3.63) is 0 Å². The highest BCUT2D eigenvalue weighted by Crippen LogP contribution is 2.39. The Hall–Kier alpha value is -0.0400. The predicted octanol–water partition coefficient (Wildman–Crippen LogP) is 3.90. The smallest absolute Gasteiger partial charge is 0.0675 e. The van der Waals surface area contributed by atoms with Gasteiger partial charge in [0.1, 0.15) is 0 Å². The van der Waals surface area contributed by atoms with Gasteiger partial charge in [-0.05, 0) is 25.2 Å². The number of aliphatic hydroxyl groups is 1. The van der Waals surface area contributed by atoms with Crippen LogP contribution in [0.15, 0.2) is 0 Å². The second-order valence-corrected chi connectivity index (χ2v) is 4.91. The Labute approximate surface area is 88.9 Å². The molecule has 1 rings (SSSR count). The molecule has 1 aliphatic rings. The Bertz CT molecular complexity index is 147. The van der Waals surface area contributed by atoms with Crippen LogP contribution in [0.25, 0.3) is 0 Å². The fraction of sp³-hybridized carbons (Fsp3) is 1.00. The minimum absolute atomic E-state index is 0.289. The summed E-state index contributed by atoms with van der Waals surface area (Å²) < 4.78 is 0. The second kappa shape index (κ2) is 5.75. The first-order valence-electron chi connectivity index (χ1n) is 6.45. The number of unbranched alkanes of at least 4 members (excludes halogenated alkanes) is 2. The van der Waals surface area contributed by atoms with Crippen LogP contribution in [-0.2, 0) is 0 Å².